The second-order valence-electron chi connectivity index (χ2n) is 4.54. The second-order valence-corrected chi connectivity index (χ2v) is 4.54. The number of nitriles is 1. The summed E-state index contributed by atoms with van der Waals surface area (Å²) >= 11 is 0. The average Bonchev–Trinajstić information content (AvgIpc) is 2.57. The van der Waals surface area contributed by atoms with Gasteiger partial charge in [0.25, 0.3) is 0 Å². The van der Waals surface area contributed by atoms with Gasteiger partial charge in [-0.25, -0.2) is 9.50 Å². The molecule has 0 aliphatic carbocycles. The number of rotatable bonds is 0. The Kier molecular flexibility index (Phi) is 1.97. The molecule has 2 heterocycles. The normalized spacial score (nSPS) is 11.6. The molecule has 0 saturated carbocycles. The maximum absolute atomic E-state index is 8.71. The van der Waals surface area contributed by atoms with Crippen LogP contribution in [0.1, 0.15) is 32.0 Å². The summed E-state index contributed by atoms with van der Waals surface area (Å²) in [5.41, 5.74) is 2.25. The first-order chi connectivity index (χ1) is 7.00. The van der Waals surface area contributed by atoms with Crippen LogP contribution in [0.2, 0.25) is 0 Å². The van der Waals surface area contributed by atoms with Gasteiger partial charge in [0.2, 0.25) is 0 Å². The highest BCUT2D eigenvalue weighted by Gasteiger charge is 2.15. The van der Waals surface area contributed by atoms with Gasteiger partial charge in [-0.05, 0) is 11.0 Å². The second kappa shape index (κ2) is 3.06. The number of aromatic nitrogens is 3. The van der Waals surface area contributed by atoms with Gasteiger partial charge in [-0.15, -0.1) is 0 Å². The molecular weight excluding hydrogens is 188 g/mol. The van der Waals surface area contributed by atoms with Crippen LogP contribution in [0.4, 0.5) is 0 Å². The summed E-state index contributed by atoms with van der Waals surface area (Å²) in [6.07, 6.45) is 3.75. The van der Waals surface area contributed by atoms with Crippen molar-refractivity contribution in [3.63, 3.8) is 0 Å². The fourth-order valence-corrected chi connectivity index (χ4v) is 1.32. The molecule has 76 valence electrons. The van der Waals surface area contributed by atoms with Gasteiger partial charge in [-0.2, -0.15) is 10.4 Å². The van der Waals surface area contributed by atoms with Gasteiger partial charge in [0, 0.05) is 18.5 Å². The molecule has 2 aromatic heterocycles. The van der Waals surface area contributed by atoms with E-state index in [1.165, 1.54) is 0 Å². The summed E-state index contributed by atoms with van der Waals surface area (Å²) in [6, 6.07) is 3.68. The lowest BCUT2D eigenvalue weighted by Crippen LogP contribution is -2.12. The molecular formula is C11H12N4. The maximum Gasteiger partial charge on any atom is 0.165 e. The van der Waals surface area contributed by atoms with Crippen LogP contribution in [0.5, 0.6) is 0 Å². The smallest absolute Gasteiger partial charge is 0.165 e. The Morgan fingerprint density at radius 1 is 1.40 bits per heavy atom. The number of fused-ring (bicyclic) bond motifs is 1. The Hall–Kier alpha value is -1.89. The first-order valence-electron chi connectivity index (χ1n) is 4.77. The molecule has 2 rings (SSSR count). The predicted octanol–water partition coefficient (Wildman–Crippen LogP) is 1.90. The first-order valence-corrected chi connectivity index (χ1v) is 4.77. The van der Waals surface area contributed by atoms with E-state index in [2.05, 4.69) is 30.9 Å². The molecule has 0 unspecified atom stereocenters. The van der Waals surface area contributed by atoms with Crippen LogP contribution in [-0.2, 0) is 5.41 Å². The van der Waals surface area contributed by atoms with Crippen molar-refractivity contribution in [1.29, 1.82) is 5.26 Å². The Balaban J connectivity index is 2.62. The van der Waals surface area contributed by atoms with Crippen molar-refractivity contribution >= 4 is 5.65 Å². The van der Waals surface area contributed by atoms with Gasteiger partial charge < -0.3 is 0 Å². The zero-order valence-corrected chi connectivity index (χ0v) is 9.02. The number of hydrogen-bond donors (Lipinski definition) is 0. The number of nitrogens with zero attached hydrogens (tertiary/aromatic N) is 4. The summed E-state index contributed by atoms with van der Waals surface area (Å²) in [4.78, 5) is 4.27. The van der Waals surface area contributed by atoms with Gasteiger partial charge in [0.1, 0.15) is 6.07 Å². The largest absolute Gasteiger partial charge is 0.237 e. The fourth-order valence-electron chi connectivity index (χ4n) is 1.32. The molecule has 0 spiro atoms. The third-order valence-corrected chi connectivity index (χ3v) is 2.29. The van der Waals surface area contributed by atoms with Gasteiger partial charge in [0.05, 0.1) is 0 Å². The van der Waals surface area contributed by atoms with Crippen molar-refractivity contribution in [3.8, 4) is 6.07 Å². The Bertz CT molecular complexity index is 540. The lowest BCUT2D eigenvalue weighted by molar-refractivity contribution is 0.581. The highest BCUT2D eigenvalue weighted by molar-refractivity contribution is 5.43. The van der Waals surface area contributed by atoms with Crippen molar-refractivity contribution in [1.82, 2.24) is 14.6 Å². The van der Waals surface area contributed by atoms with Gasteiger partial charge in [0.15, 0.2) is 11.3 Å². The summed E-state index contributed by atoms with van der Waals surface area (Å²) < 4.78 is 1.65. The molecule has 0 bridgehead atoms. The Labute approximate surface area is 88.2 Å². The summed E-state index contributed by atoms with van der Waals surface area (Å²) in [5.74, 6) is 0. The van der Waals surface area contributed by atoms with E-state index in [1.807, 2.05) is 18.5 Å². The third kappa shape index (κ3) is 1.68. The molecule has 0 aliphatic rings. The molecule has 0 fully saturated rings. The lowest BCUT2D eigenvalue weighted by Gasteiger charge is -2.17. The van der Waals surface area contributed by atoms with E-state index in [4.69, 9.17) is 5.26 Å². The van der Waals surface area contributed by atoms with Crippen LogP contribution in [0, 0.1) is 11.3 Å². The zero-order valence-electron chi connectivity index (χ0n) is 9.02. The summed E-state index contributed by atoms with van der Waals surface area (Å²) in [7, 11) is 0. The SMILES string of the molecule is CC(C)(C)c1cnc2cc(C#N)nn2c1. The topological polar surface area (TPSA) is 54.0 Å². The van der Waals surface area contributed by atoms with Crippen LogP contribution in [0.3, 0.4) is 0 Å². The minimum Gasteiger partial charge on any atom is -0.237 e. The van der Waals surface area contributed by atoms with E-state index in [-0.39, 0.29) is 5.41 Å². The molecule has 0 N–H and O–H groups in total. The van der Waals surface area contributed by atoms with Crippen LogP contribution >= 0.6 is 0 Å². The minimum absolute atomic E-state index is 0.0416. The molecule has 0 aliphatic heterocycles. The monoisotopic (exact) mass is 200 g/mol. The Morgan fingerprint density at radius 3 is 2.73 bits per heavy atom. The van der Waals surface area contributed by atoms with E-state index in [9.17, 15) is 0 Å². The van der Waals surface area contributed by atoms with Crippen molar-refractivity contribution in [3.05, 3.63) is 29.7 Å². The fraction of sp³-hybridized carbons (Fsp3) is 0.364. The molecule has 0 saturated heterocycles. The van der Waals surface area contributed by atoms with Gasteiger partial charge in [-0.1, -0.05) is 20.8 Å². The van der Waals surface area contributed by atoms with Gasteiger partial charge in [-0.3, -0.25) is 0 Å². The molecule has 15 heavy (non-hydrogen) atoms. The molecule has 4 nitrogen and oxygen atoms in total. The average molecular weight is 200 g/mol. The van der Waals surface area contributed by atoms with E-state index in [1.54, 1.807) is 10.6 Å². The van der Waals surface area contributed by atoms with Crippen molar-refractivity contribution in [2.45, 2.75) is 26.2 Å². The van der Waals surface area contributed by atoms with E-state index < -0.39 is 0 Å². The van der Waals surface area contributed by atoms with Crippen molar-refractivity contribution < 1.29 is 0 Å². The lowest BCUT2D eigenvalue weighted by atomic mass is 9.89. The van der Waals surface area contributed by atoms with Crippen LogP contribution < -0.4 is 0 Å². The quantitative estimate of drug-likeness (QED) is 0.652. The summed E-state index contributed by atoms with van der Waals surface area (Å²) in [6.45, 7) is 6.35. The number of hydrogen-bond acceptors (Lipinski definition) is 3. The predicted molar refractivity (Wildman–Crippen MR) is 56.4 cm³/mol. The van der Waals surface area contributed by atoms with E-state index in [0.717, 1.165) is 5.56 Å². The van der Waals surface area contributed by atoms with Gasteiger partial charge >= 0.3 is 0 Å². The van der Waals surface area contributed by atoms with Crippen LogP contribution in [-0.4, -0.2) is 14.6 Å². The molecule has 0 radical (unpaired) electrons. The molecule has 0 aromatic carbocycles. The van der Waals surface area contributed by atoms with Crippen LogP contribution in [0.25, 0.3) is 5.65 Å². The standard InChI is InChI=1S/C11H12N4/c1-11(2,3)8-6-13-10-4-9(5-12)14-15(10)7-8/h4,6-7H,1-3H3. The maximum atomic E-state index is 8.71. The first kappa shape index (κ1) is 9.66. The molecule has 0 atom stereocenters. The minimum atomic E-state index is 0.0416. The van der Waals surface area contributed by atoms with Crippen molar-refractivity contribution in [2.24, 2.45) is 0 Å². The van der Waals surface area contributed by atoms with Crippen LogP contribution in [0.15, 0.2) is 18.5 Å². The molecule has 4 heteroatoms. The van der Waals surface area contributed by atoms with E-state index in [0.29, 0.717) is 11.3 Å². The third-order valence-electron chi connectivity index (χ3n) is 2.29. The molecule has 2 aromatic rings. The van der Waals surface area contributed by atoms with Crippen molar-refractivity contribution in [2.75, 3.05) is 0 Å². The zero-order chi connectivity index (χ0) is 11.1. The highest BCUT2D eigenvalue weighted by Crippen LogP contribution is 2.21. The Morgan fingerprint density at radius 2 is 2.13 bits per heavy atom. The highest BCUT2D eigenvalue weighted by atomic mass is 15.2. The molecule has 0 amide bonds. The summed E-state index contributed by atoms with van der Waals surface area (Å²) in [5, 5.41) is 12.8. The van der Waals surface area contributed by atoms with E-state index >= 15 is 0 Å².